The number of thiazole rings is 1. The molecule has 1 fully saturated rings. The molecule has 3 rings (SSSR count). The van der Waals surface area contributed by atoms with Gasteiger partial charge < -0.3 is 15.2 Å². The first kappa shape index (κ1) is 14.6. The van der Waals surface area contributed by atoms with E-state index in [1.165, 1.54) is 24.2 Å². The zero-order valence-corrected chi connectivity index (χ0v) is 13.1. The normalized spacial score (nSPS) is 14.2. The van der Waals surface area contributed by atoms with Gasteiger partial charge in [-0.05, 0) is 42.5 Å². The Morgan fingerprint density at radius 3 is 3.00 bits per heavy atom. The van der Waals surface area contributed by atoms with Crippen LogP contribution in [0, 0.1) is 5.92 Å². The summed E-state index contributed by atoms with van der Waals surface area (Å²) in [6.07, 6.45) is 4.22. The summed E-state index contributed by atoms with van der Waals surface area (Å²) in [5, 5.41) is 6.57. The molecular weight excluding hydrogens is 300 g/mol. The van der Waals surface area contributed by atoms with Gasteiger partial charge in [0.05, 0.1) is 19.9 Å². The van der Waals surface area contributed by atoms with Crippen LogP contribution < -0.4 is 20.6 Å². The molecule has 0 bridgehead atoms. The highest BCUT2D eigenvalue weighted by Gasteiger charge is 2.22. The maximum Gasteiger partial charge on any atom is 0.205 e. The molecule has 2 aromatic rings. The van der Waals surface area contributed by atoms with E-state index in [0.717, 1.165) is 23.7 Å². The lowest BCUT2D eigenvalue weighted by Gasteiger charge is -2.10. The fraction of sp³-hybridized carbons (Fsp3) is 0.333. The van der Waals surface area contributed by atoms with E-state index in [1.54, 1.807) is 18.7 Å². The topological polar surface area (TPSA) is 81.8 Å². The number of nitrogens with two attached hydrogens (primary N) is 1. The minimum absolute atomic E-state index is 0.489. The summed E-state index contributed by atoms with van der Waals surface area (Å²) >= 11 is 1.41. The van der Waals surface area contributed by atoms with Crippen LogP contribution in [0.1, 0.15) is 18.4 Å². The molecule has 1 aliphatic rings. The van der Waals surface area contributed by atoms with Crippen molar-refractivity contribution in [3.8, 4) is 11.5 Å². The van der Waals surface area contributed by atoms with E-state index in [-0.39, 0.29) is 0 Å². The lowest BCUT2D eigenvalue weighted by molar-refractivity contribution is 0.280. The molecule has 0 atom stereocenters. The molecule has 0 unspecified atom stereocenters. The van der Waals surface area contributed by atoms with E-state index in [2.05, 4.69) is 15.5 Å². The second kappa shape index (κ2) is 6.65. The summed E-state index contributed by atoms with van der Waals surface area (Å²) in [6, 6.07) is 5.72. The van der Waals surface area contributed by atoms with Crippen molar-refractivity contribution in [3.05, 3.63) is 29.1 Å². The van der Waals surface area contributed by atoms with Gasteiger partial charge in [-0.1, -0.05) is 0 Å². The monoisotopic (exact) mass is 318 g/mol. The minimum atomic E-state index is 0.489. The number of nitrogens with one attached hydrogen (secondary N) is 1. The van der Waals surface area contributed by atoms with Gasteiger partial charge in [0, 0.05) is 5.38 Å². The molecule has 116 valence electrons. The van der Waals surface area contributed by atoms with Gasteiger partial charge in [0.25, 0.3) is 0 Å². The maximum atomic E-state index is 5.83. The Bertz CT molecular complexity index is 667. The van der Waals surface area contributed by atoms with Gasteiger partial charge in [-0.25, -0.2) is 4.98 Å². The summed E-state index contributed by atoms with van der Waals surface area (Å²) < 4.78 is 11.1. The number of benzene rings is 1. The standard InChI is InChI=1S/C15H18N4O2S/c1-20-12-5-4-11(6-13(12)21-8-10-2-3-10)7-17-19-15-18-14(16)9-22-15/h4-7,9-10H,2-3,8,16H2,1H3,(H,18,19). The molecule has 1 aromatic carbocycles. The van der Waals surface area contributed by atoms with E-state index >= 15 is 0 Å². The Balaban J connectivity index is 1.65. The van der Waals surface area contributed by atoms with E-state index in [4.69, 9.17) is 15.2 Å². The van der Waals surface area contributed by atoms with E-state index < -0.39 is 0 Å². The summed E-state index contributed by atoms with van der Waals surface area (Å²) in [4.78, 5) is 4.07. The summed E-state index contributed by atoms with van der Waals surface area (Å²) in [5.74, 6) is 2.66. The summed E-state index contributed by atoms with van der Waals surface area (Å²) in [7, 11) is 1.64. The van der Waals surface area contributed by atoms with E-state index in [9.17, 15) is 0 Å². The highest BCUT2D eigenvalue weighted by Crippen LogP contribution is 2.33. The van der Waals surface area contributed by atoms with E-state index in [1.807, 2.05) is 18.2 Å². The predicted molar refractivity (Wildman–Crippen MR) is 89.0 cm³/mol. The molecule has 3 N–H and O–H groups in total. The first-order valence-corrected chi connectivity index (χ1v) is 7.93. The molecule has 0 saturated heterocycles. The second-order valence-corrected chi connectivity index (χ2v) is 5.97. The fourth-order valence-electron chi connectivity index (χ4n) is 1.88. The van der Waals surface area contributed by atoms with Crippen LogP contribution in [-0.4, -0.2) is 24.9 Å². The van der Waals surface area contributed by atoms with Crippen LogP contribution in [0.5, 0.6) is 11.5 Å². The average molecular weight is 318 g/mol. The van der Waals surface area contributed by atoms with Gasteiger partial charge in [-0.15, -0.1) is 11.3 Å². The molecule has 0 radical (unpaired) electrons. The van der Waals surface area contributed by atoms with Crippen molar-refractivity contribution in [2.24, 2.45) is 11.0 Å². The van der Waals surface area contributed by atoms with Crippen LogP contribution in [0.2, 0.25) is 0 Å². The van der Waals surface area contributed by atoms with Gasteiger partial charge in [0.15, 0.2) is 11.5 Å². The number of hydrazone groups is 1. The third-order valence-corrected chi connectivity index (χ3v) is 4.02. The zero-order valence-electron chi connectivity index (χ0n) is 12.3. The van der Waals surface area contributed by atoms with Crippen LogP contribution in [-0.2, 0) is 0 Å². The van der Waals surface area contributed by atoms with Crippen molar-refractivity contribution in [3.63, 3.8) is 0 Å². The zero-order chi connectivity index (χ0) is 15.4. The average Bonchev–Trinajstić information content (AvgIpc) is 3.27. The number of nitrogen functional groups attached to an aromatic ring is 1. The van der Waals surface area contributed by atoms with Crippen LogP contribution in [0.15, 0.2) is 28.7 Å². The fourth-order valence-corrected chi connectivity index (χ4v) is 2.43. The van der Waals surface area contributed by atoms with Gasteiger partial charge in [-0.3, -0.25) is 5.43 Å². The molecule has 6 nitrogen and oxygen atoms in total. The van der Waals surface area contributed by atoms with Gasteiger partial charge in [0.1, 0.15) is 5.82 Å². The van der Waals surface area contributed by atoms with Crippen LogP contribution in [0.25, 0.3) is 0 Å². The second-order valence-electron chi connectivity index (χ2n) is 5.11. The minimum Gasteiger partial charge on any atom is -0.493 e. The molecule has 1 aliphatic carbocycles. The van der Waals surface area contributed by atoms with Crippen LogP contribution >= 0.6 is 11.3 Å². The molecule has 1 saturated carbocycles. The predicted octanol–water partition coefficient (Wildman–Crippen LogP) is 2.97. The Kier molecular flexibility index (Phi) is 4.43. The first-order valence-electron chi connectivity index (χ1n) is 7.05. The molecule has 0 amide bonds. The lowest BCUT2D eigenvalue weighted by atomic mass is 10.2. The number of anilines is 2. The van der Waals surface area contributed by atoms with Crippen molar-refractivity contribution in [1.82, 2.24) is 4.98 Å². The van der Waals surface area contributed by atoms with Crippen molar-refractivity contribution >= 4 is 28.5 Å². The third kappa shape index (κ3) is 3.88. The number of methoxy groups -OCH3 is 1. The number of ether oxygens (including phenoxy) is 2. The molecule has 22 heavy (non-hydrogen) atoms. The SMILES string of the molecule is COc1ccc(C=NNc2nc(N)cs2)cc1OCC1CC1. The summed E-state index contributed by atoms with van der Waals surface area (Å²) in [5.41, 5.74) is 9.32. The Morgan fingerprint density at radius 1 is 1.45 bits per heavy atom. The largest absolute Gasteiger partial charge is 0.493 e. The Morgan fingerprint density at radius 2 is 2.32 bits per heavy atom. The third-order valence-electron chi connectivity index (χ3n) is 3.25. The molecule has 1 aromatic heterocycles. The number of hydrogen-bond acceptors (Lipinski definition) is 7. The lowest BCUT2D eigenvalue weighted by Crippen LogP contribution is -2.01. The molecule has 0 aliphatic heterocycles. The quantitative estimate of drug-likeness (QED) is 0.606. The molecule has 1 heterocycles. The van der Waals surface area contributed by atoms with Crippen molar-refractivity contribution in [2.45, 2.75) is 12.8 Å². The van der Waals surface area contributed by atoms with Gasteiger partial charge >= 0.3 is 0 Å². The molecule has 7 heteroatoms. The van der Waals surface area contributed by atoms with Crippen molar-refractivity contribution in [2.75, 3.05) is 24.9 Å². The molecular formula is C15H18N4O2S. The molecule has 0 spiro atoms. The smallest absolute Gasteiger partial charge is 0.205 e. The highest BCUT2D eigenvalue weighted by molar-refractivity contribution is 7.14. The number of hydrogen-bond donors (Lipinski definition) is 2. The van der Waals surface area contributed by atoms with Crippen molar-refractivity contribution in [1.29, 1.82) is 0 Å². The van der Waals surface area contributed by atoms with Gasteiger partial charge in [0.2, 0.25) is 5.13 Å². The van der Waals surface area contributed by atoms with E-state index in [0.29, 0.717) is 16.9 Å². The Labute approximate surface area is 133 Å². The maximum absolute atomic E-state index is 5.83. The number of rotatable bonds is 7. The van der Waals surface area contributed by atoms with Gasteiger partial charge in [-0.2, -0.15) is 5.10 Å². The Hall–Kier alpha value is -2.28. The van der Waals surface area contributed by atoms with Crippen molar-refractivity contribution < 1.29 is 9.47 Å². The number of nitrogens with zero attached hydrogens (tertiary/aromatic N) is 2. The number of aromatic nitrogens is 1. The highest BCUT2D eigenvalue weighted by atomic mass is 32.1. The van der Waals surface area contributed by atoms with Crippen LogP contribution in [0.3, 0.4) is 0 Å². The van der Waals surface area contributed by atoms with Crippen LogP contribution in [0.4, 0.5) is 10.9 Å². The summed E-state index contributed by atoms with van der Waals surface area (Å²) in [6.45, 7) is 0.744. The first-order chi connectivity index (χ1) is 10.7.